The molecule has 1 aliphatic rings. The minimum atomic E-state index is 0.657. The van der Waals surface area contributed by atoms with Crippen molar-refractivity contribution >= 4 is 0 Å². The molecule has 3 nitrogen and oxygen atoms in total. The van der Waals surface area contributed by atoms with Crippen LogP contribution in [0.2, 0.25) is 0 Å². The normalized spacial score (nSPS) is 23.2. The Morgan fingerprint density at radius 1 is 1.73 bits per heavy atom. The standard InChI is InChI=1S/C8H13N3/c9-6-7-1-3-11-4-2-10-8(11)5-7/h2,4,7H,1,3,5-6,9H2/t7-/m0/s1. The molecule has 2 N–H and O–H groups in total. The fourth-order valence-corrected chi connectivity index (χ4v) is 1.62. The van der Waals surface area contributed by atoms with Gasteiger partial charge in [0, 0.05) is 25.4 Å². The molecule has 1 aliphatic heterocycles. The minimum Gasteiger partial charge on any atom is -0.335 e. The summed E-state index contributed by atoms with van der Waals surface area (Å²) in [4.78, 5) is 4.26. The molecule has 0 amide bonds. The van der Waals surface area contributed by atoms with Gasteiger partial charge in [-0.2, -0.15) is 0 Å². The van der Waals surface area contributed by atoms with Crippen LogP contribution in [0.3, 0.4) is 0 Å². The van der Waals surface area contributed by atoms with Gasteiger partial charge in [0.25, 0.3) is 0 Å². The number of imidazole rings is 1. The Morgan fingerprint density at radius 2 is 2.64 bits per heavy atom. The Kier molecular flexibility index (Phi) is 1.66. The lowest BCUT2D eigenvalue weighted by Crippen LogP contribution is -2.25. The first kappa shape index (κ1) is 6.85. The molecule has 2 heterocycles. The zero-order valence-corrected chi connectivity index (χ0v) is 6.53. The van der Waals surface area contributed by atoms with E-state index < -0.39 is 0 Å². The van der Waals surface area contributed by atoms with E-state index in [1.54, 1.807) is 0 Å². The number of nitrogens with zero attached hydrogens (tertiary/aromatic N) is 2. The summed E-state index contributed by atoms with van der Waals surface area (Å²) in [6.07, 6.45) is 6.18. The van der Waals surface area contributed by atoms with Crippen LogP contribution < -0.4 is 5.73 Å². The second-order valence-corrected chi connectivity index (χ2v) is 3.13. The number of hydrogen-bond acceptors (Lipinski definition) is 2. The van der Waals surface area contributed by atoms with E-state index in [1.807, 2.05) is 12.4 Å². The van der Waals surface area contributed by atoms with E-state index in [0.717, 1.165) is 19.5 Å². The van der Waals surface area contributed by atoms with Crippen molar-refractivity contribution in [1.29, 1.82) is 0 Å². The van der Waals surface area contributed by atoms with Crippen molar-refractivity contribution < 1.29 is 0 Å². The monoisotopic (exact) mass is 151 g/mol. The third-order valence-corrected chi connectivity index (χ3v) is 2.38. The van der Waals surface area contributed by atoms with Crippen molar-refractivity contribution in [3.8, 4) is 0 Å². The lowest BCUT2D eigenvalue weighted by molar-refractivity contribution is 0.389. The smallest absolute Gasteiger partial charge is 0.108 e. The van der Waals surface area contributed by atoms with Crippen LogP contribution in [0.4, 0.5) is 0 Å². The molecule has 60 valence electrons. The van der Waals surface area contributed by atoms with Gasteiger partial charge in [-0.1, -0.05) is 0 Å². The molecule has 0 unspecified atom stereocenters. The molecule has 1 atom stereocenters. The maximum Gasteiger partial charge on any atom is 0.108 e. The van der Waals surface area contributed by atoms with Gasteiger partial charge in [-0.25, -0.2) is 4.98 Å². The number of hydrogen-bond donors (Lipinski definition) is 1. The SMILES string of the molecule is NC[C@H]1CCn2ccnc2C1. The van der Waals surface area contributed by atoms with Crippen LogP contribution in [0, 0.1) is 5.92 Å². The third-order valence-electron chi connectivity index (χ3n) is 2.38. The molecule has 11 heavy (non-hydrogen) atoms. The summed E-state index contributed by atoms with van der Waals surface area (Å²) in [6, 6.07) is 0. The molecule has 0 aliphatic carbocycles. The van der Waals surface area contributed by atoms with Crippen LogP contribution in [0.1, 0.15) is 12.2 Å². The Morgan fingerprint density at radius 3 is 3.45 bits per heavy atom. The van der Waals surface area contributed by atoms with Crippen LogP contribution in [0.5, 0.6) is 0 Å². The molecule has 0 fully saturated rings. The predicted molar refractivity (Wildman–Crippen MR) is 43.1 cm³/mol. The number of rotatable bonds is 1. The van der Waals surface area contributed by atoms with Gasteiger partial charge in [-0.15, -0.1) is 0 Å². The van der Waals surface area contributed by atoms with Crippen molar-refractivity contribution in [1.82, 2.24) is 9.55 Å². The highest BCUT2D eigenvalue weighted by molar-refractivity contribution is 4.97. The van der Waals surface area contributed by atoms with E-state index in [0.29, 0.717) is 5.92 Å². The molecule has 0 radical (unpaired) electrons. The third kappa shape index (κ3) is 1.16. The van der Waals surface area contributed by atoms with Gasteiger partial charge in [-0.3, -0.25) is 0 Å². The van der Waals surface area contributed by atoms with Gasteiger partial charge < -0.3 is 10.3 Å². The summed E-state index contributed by atoms with van der Waals surface area (Å²) in [5.74, 6) is 1.86. The lowest BCUT2D eigenvalue weighted by atomic mass is 9.98. The molecule has 3 heteroatoms. The maximum atomic E-state index is 5.59. The number of aromatic nitrogens is 2. The van der Waals surface area contributed by atoms with Crippen LogP contribution in [-0.2, 0) is 13.0 Å². The van der Waals surface area contributed by atoms with E-state index in [4.69, 9.17) is 5.73 Å². The molecular weight excluding hydrogens is 138 g/mol. The van der Waals surface area contributed by atoms with Crippen LogP contribution >= 0.6 is 0 Å². The molecule has 1 aromatic heterocycles. The van der Waals surface area contributed by atoms with Crippen LogP contribution in [0.25, 0.3) is 0 Å². The van der Waals surface area contributed by atoms with Crippen molar-refractivity contribution in [3.05, 3.63) is 18.2 Å². The average molecular weight is 151 g/mol. The van der Waals surface area contributed by atoms with Crippen molar-refractivity contribution in [2.45, 2.75) is 19.4 Å². The average Bonchev–Trinajstić information content (AvgIpc) is 2.50. The fraction of sp³-hybridized carbons (Fsp3) is 0.625. The van der Waals surface area contributed by atoms with Gasteiger partial charge >= 0.3 is 0 Å². The second kappa shape index (κ2) is 2.66. The Bertz CT molecular complexity index is 241. The van der Waals surface area contributed by atoms with Gasteiger partial charge in [0.2, 0.25) is 0 Å². The highest BCUT2D eigenvalue weighted by Crippen LogP contribution is 2.17. The molecule has 0 bridgehead atoms. The highest BCUT2D eigenvalue weighted by atomic mass is 15.1. The fourth-order valence-electron chi connectivity index (χ4n) is 1.62. The van der Waals surface area contributed by atoms with E-state index in [2.05, 4.69) is 9.55 Å². The number of aryl methyl sites for hydroxylation is 1. The molecule has 0 spiro atoms. The van der Waals surface area contributed by atoms with Gasteiger partial charge in [0.05, 0.1) is 0 Å². The van der Waals surface area contributed by atoms with E-state index in [1.165, 1.54) is 12.2 Å². The van der Waals surface area contributed by atoms with Gasteiger partial charge in [0.15, 0.2) is 0 Å². The molecule has 0 aromatic carbocycles. The summed E-state index contributed by atoms with van der Waals surface area (Å²) >= 11 is 0. The second-order valence-electron chi connectivity index (χ2n) is 3.13. The van der Waals surface area contributed by atoms with Crippen molar-refractivity contribution in [2.24, 2.45) is 11.7 Å². The summed E-state index contributed by atoms with van der Waals surface area (Å²) in [7, 11) is 0. The van der Waals surface area contributed by atoms with E-state index in [-0.39, 0.29) is 0 Å². The van der Waals surface area contributed by atoms with Gasteiger partial charge in [0.1, 0.15) is 5.82 Å². The molecular formula is C8H13N3. The largest absolute Gasteiger partial charge is 0.335 e. The minimum absolute atomic E-state index is 0.657. The van der Waals surface area contributed by atoms with Crippen molar-refractivity contribution in [3.63, 3.8) is 0 Å². The summed E-state index contributed by atoms with van der Waals surface area (Å²) in [5.41, 5.74) is 5.59. The first-order valence-corrected chi connectivity index (χ1v) is 4.10. The Balaban J connectivity index is 2.18. The summed E-state index contributed by atoms with van der Waals surface area (Å²) in [5, 5.41) is 0. The zero-order chi connectivity index (χ0) is 7.68. The topological polar surface area (TPSA) is 43.8 Å². The maximum absolute atomic E-state index is 5.59. The molecule has 1 aromatic rings. The summed E-state index contributed by atoms with van der Waals surface area (Å²) < 4.78 is 2.21. The van der Waals surface area contributed by atoms with E-state index in [9.17, 15) is 0 Å². The lowest BCUT2D eigenvalue weighted by Gasteiger charge is -2.21. The van der Waals surface area contributed by atoms with Crippen LogP contribution in [0.15, 0.2) is 12.4 Å². The van der Waals surface area contributed by atoms with Gasteiger partial charge in [-0.05, 0) is 18.9 Å². The first-order valence-electron chi connectivity index (χ1n) is 4.10. The zero-order valence-electron chi connectivity index (χ0n) is 6.53. The quantitative estimate of drug-likeness (QED) is 0.631. The highest BCUT2D eigenvalue weighted by Gasteiger charge is 2.16. The molecule has 0 saturated heterocycles. The molecule has 2 rings (SSSR count). The Hall–Kier alpha value is -0.830. The number of nitrogens with two attached hydrogens (primary N) is 1. The van der Waals surface area contributed by atoms with E-state index >= 15 is 0 Å². The number of fused-ring (bicyclic) bond motifs is 1. The summed E-state index contributed by atoms with van der Waals surface area (Å²) in [6.45, 7) is 1.89. The molecule has 0 saturated carbocycles. The first-order chi connectivity index (χ1) is 5.40. The van der Waals surface area contributed by atoms with Crippen molar-refractivity contribution in [2.75, 3.05) is 6.54 Å². The van der Waals surface area contributed by atoms with Crippen LogP contribution in [-0.4, -0.2) is 16.1 Å². The predicted octanol–water partition coefficient (Wildman–Crippen LogP) is 0.404. The Labute approximate surface area is 66.2 Å².